The van der Waals surface area contributed by atoms with Crippen LogP contribution >= 0.6 is 0 Å². The van der Waals surface area contributed by atoms with Gasteiger partial charge >= 0.3 is 0 Å². The van der Waals surface area contributed by atoms with Gasteiger partial charge in [0.05, 0.1) is 11.9 Å². The predicted octanol–water partition coefficient (Wildman–Crippen LogP) is 2.72. The third-order valence-electron chi connectivity index (χ3n) is 2.12. The maximum atomic E-state index is 3.87. The molecular weight excluding hydrogens is 174 g/mol. The van der Waals surface area contributed by atoms with Gasteiger partial charge in [0.1, 0.15) is 0 Å². The van der Waals surface area contributed by atoms with Gasteiger partial charge in [-0.05, 0) is 24.1 Å². The van der Waals surface area contributed by atoms with Crippen LogP contribution in [0.25, 0.3) is 0 Å². The first-order valence-corrected chi connectivity index (χ1v) is 4.73. The summed E-state index contributed by atoms with van der Waals surface area (Å²) in [7, 11) is 0. The van der Waals surface area contributed by atoms with Crippen molar-refractivity contribution in [3.05, 3.63) is 42.2 Å². The minimum absolute atomic E-state index is 0.984. The van der Waals surface area contributed by atoms with E-state index in [-0.39, 0.29) is 0 Å². The molecule has 14 heavy (non-hydrogen) atoms. The van der Waals surface area contributed by atoms with Gasteiger partial charge in [0, 0.05) is 11.9 Å². The molecule has 3 heteroatoms. The van der Waals surface area contributed by atoms with Crippen LogP contribution in [0, 0.1) is 0 Å². The van der Waals surface area contributed by atoms with E-state index in [2.05, 4.69) is 40.6 Å². The van der Waals surface area contributed by atoms with E-state index >= 15 is 0 Å². The highest BCUT2D eigenvalue weighted by Gasteiger charge is 1.95. The molecule has 0 aliphatic rings. The zero-order valence-corrected chi connectivity index (χ0v) is 8.12. The Hall–Kier alpha value is -1.77. The van der Waals surface area contributed by atoms with Crippen LogP contribution in [0.1, 0.15) is 12.5 Å². The highest BCUT2D eigenvalue weighted by molar-refractivity contribution is 5.58. The third-order valence-corrected chi connectivity index (χ3v) is 2.12. The summed E-state index contributed by atoms with van der Waals surface area (Å²) in [6.07, 6.45) is 4.65. The first kappa shape index (κ1) is 8.81. The fraction of sp³-hybridized carbons (Fsp3) is 0.182. The lowest BCUT2D eigenvalue weighted by Crippen LogP contribution is -1.89. The summed E-state index contributed by atoms with van der Waals surface area (Å²) in [5.41, 5.74) is 3.42. The van der Waals surface area contributed by atoms with Crippen molar-refractivity contribution in [1.82, 2.24) is 10.2 Å². The molecule has 0 radical (unpaired) electrons. The highest BCUT2D eigenvalue weighted by Crippen LogP contribution is 2.16. The number of anilines is 2. The SMILES string of the molecule is CCc1cccc(Nc2cn[nH]c2)c1. The van der Waals surface area contributed by atoms with Gasteiger partial charge in [-0.25, -0.2) is 0 Å². The smallest absolute Gasteiger partial charge is 0.0767 e. The molecule has 0 aliphatic heterocycles. The molecule has 0 amide bonds. The largest absolute Gasteiger partial charge is 0.353 e. The Balaban J connectivity index is 2.17. The number of nitrogens with one attached hydrogen (secondary N) is 2. The second-order valence-electron chi connectivity index (χ2n) is 3.17. The van der Waals surface area contributed by atoms with Crippen LogP contribution in [0.15, 0.2) is 36.7 Å². The number of rotatable bonds is 3. The molecule has 2 aromatic rings. The Labute approximate surface area is 83.2 Å². The molecule has 72 valence electrons. The fourth-order valence-corrected chi connectivity index (χ4v) is 1.35. The van der Waals surface area contributed by atoms with Crippen molar-refractivity contribution in [2.24, 2.45) is 0 Å². The summed E-state index contributed by atoms with van der Waals surface area (Å²) >= 11 is 0. The minimum Gasteiger partial charge on any atom is -0.353 e. The Morgan fingerprint density at radius 2 is 2.29 bits per heavy atom. The Morgan fingerprint density at radius 1 is 1.36 bits per heavy atom. The molecule has 1 aromatic carbocycles. The summed E-state index contributed by atoms with van der Waals surface area (Å²) in [5, 5.41) is 9.90. The number of aromatic amines is 1. The lowest BCUT2D eigenvalue weighted by atomic mass is 10.1. The first-order chi connectivity index (χ1) is 6.88. The molecule has 0 saturated heterocycles. The summed E-state index contributed by atoms with van der Waals surface area (Å²) in [4.78, 5) is 0. The maximum Gasteiger partial charge on any atom is 0.0767 e. The molecule has 0 fully saturated rings. The van der Waals surface area contributed by atoms with Gasteiger partial charge < -0.3 is 5.32 Å². The Morgan fingerprint density at radius 3 is 3.00 bits per heavy atom. The van der Waals surface area contributed by atoms with Gasteiger partial charge in [-0.15, -0.1) is 0 Å². The molecule has 2 N–H and O–H groups in total. The van der Waals surface area contributed by atoms with Crippen molar-refractivity contribution in [3.8, 4) is 0 Å². The monoisotopic (exact) mass is 187 g/mol. The molecule has 0 aliphatic carbocycles. The number of nitrogens with zero attached hydrogens (tertiary/aromatic N) is 1. The van der Waals surface area contributed by atoms with Crippen LogP contribution in [0.3, 0.4) is 0 Å². The second-order valence-corrected chi connectivity index (χ2v) is 3.17. The van der Waals surface area contributed by atoms with E-state index in [1.165, 1.54) is 5.56 Å². The zero-order chi connectivity index (χ0) is 9.80. The van der Waals surface area contributed by atoms with Crippen LogP contribution < -0.4 is 5.32 Å². The Kier molecular flexibility index (Phi) is 2.49. The normalized spacial score (nSPS) is 10.1. The van der Waals surface area contributed by atoms with E-state index in [0.29, 0.717) is 0 Å². The van der Waals surface area contributed by atoms with Crippen molar-refractivity contribution in [3.63, 3.8) is 0 Å². The van der Waals surface area contributed by atoms with Crippen LogP contribution in [0.5, 0.6) is 0 Å². The molecule has 0 spiro atoms. The van der Waals surface area contributed by atoms with Gasteiger partial charge in [-0.1, -0.05) is 19.1 Å². The maximum absolute atomic E-state index is 3.87. The summed E-state index contributed by atoms with van der Waals surface area (Å²) in [6, 6.07) is 8.38. The number of aryl methyl sites for hydroxylation is 1. The number of H-pyrrole nitrogens is 1. The van der Waals surface area contributed by atoms with E-state index in [9.17, 15) is 0 Å². The van der Waals surface area contributed by atoms with Gasteiger partial charge in [-0.3, -0.25) is 5.10 Å². The molecule has 1 aromatic heterocycles. The van der Waals surface area contributed by atoms with Crippen molar-refractivity contribution in [1.29, 1.82) is 0 Å². The average Bonchev–Trinajstić information content (AvgIpc) is 2.71. The highest BCUT2D eigenvalue weighted by atomic mass is 15.1. The van der Waals surface area contributed by atoms with Crippen molar-refractivity contribution in [2.45, 2.75) is 13.3 Å². The Bertz CT molecular complexity index is 393. The van der Waals surface area contributed by atoms with Gasteiger partial charge in [0.25, 0.3) is 0 Å². The minimum atomic E-state index is 0.984. The number of hydrogen-bond donors (Lipinski definition) is 2. The third kappa shape index (κ3) is 1.93. The van der Waals surface area contributed by atoms with Crippen LogP contribution in [-0.2, 0) is 6.42 Å². The molecule has 2 rings (SSSR count). The lowest BCUT2D eigenvalue weighted by Gasteiger charge is -2.04. The van der Waals surface area contributed by atoms with Crippen molar-refractivity contribution >= 4 is 11.4 Å². The van der Waals surface area contributed by atoms with Crippen LogP contribution in [-0.4, -0.2) is 10.2 Å². The second kappa shape index (κ2) is 3.96. The van der Waals surface area contributed by atoms with Crippen molar-refractivity contribution < 1.29 is 0 Å². The van der Waals surface area contributed by atoms with Crippen LogP contribution in [0.2, 0.25) is 0 Å². The van der Waals surface area contributed by atoms with Crippen LogP contribution in [0.4, 0.5) is 11.4 Å². The predicted molar refractivity (Wildman–Crippen MR) is 57.7 cm³/mol. The first-order valence-electron chi connectivity index (χ1n) is 4.73. The lowest BCUT2D eigenvalue weighted by molar-refractivity contribution is 1.09. The number of benzene rings is 1. The number of hydrogen-bond acceptors (Lipinski definition) is 2. The average molecular weight is 187 g/mol. The van der Waals surface area contributed by atoms with Gasteiger partial charge in [0.2, 0.25) is 0 Å². The summed E-state index contributed by atoms with van der Waals surface area (Å²) < 4.78 is 0. The number of aromatic nitrogens is 2. The fourth-order valence-electron chi connectivity index (χ4n) is 1.35. The summed E-state index contributed by atoms with van der Waals surface area (Å²) in [5.74, 6) is 0. The molecule has 0 saturated carbocycles. The zero-order valence-electron chi connectivity index (χ0n) is 8.12. The van der Waals surface area contributed by atoms with Gasteiger partial charge in [-0.2, -0.15) is 5.10 Å². The molecular formula is C11H13N3. The summed E-state index contributed by atoms with van der Waals surface area (Å²) in [6.45, 7) is 2.15. The van der Waals surface area contributed by atoms with Gasteiger partial charge in [0.15, 0.2) is 0 Å². The molecule has 3 nitrogen and oxygen atoms in total. The molecule has 0 atom stereocenters. The standard InChI is InChI=1S/C11H13N3/c1-2-9-4-3-5-10(6-9)14-11-7-12-13-8-11/h3-8,14H,2H2,1H3,(H,12,13). The van der Waals surface area contributed by atoms with E-state index in [4.69, 9.17) is 0 Å². The van der Waals surface area contributed by atoms with E-state index in [0.717, 1.165) is 17.8 Å². The van der Waals surface area contributed by atoms with E-state index in [1.54, 1.807) is 6.20 Å². The van der Waals surface area contributed by atoms with Crippen molar-refractivity contribution in [2.75, 3.05) is 5.32 Å². The molecule has 1 heterocycles. The molecule has 0 unspecified atom stereocenters. The quantitative estimate of drug-likeness (QED) is 0.775. The van der Waals surface area contributed by atoms with E-state index in [1.807, 2.05) is 12.3 Å². The van der Waals surface area contributed by atoms with E-state index < -0.39 is 0 Å². The topological polar surface area (TPSA) is 40.7 Å². The molecule has 0 bridgehead atoms.